The molecule has 3 aliphatic heterocycles. The van der Waals surface area contributed by atoms with Gasteiger partial charge in [-0.15, -0.1) is 0 Å². The summed E-state index contributed by atoms with van der Waals surface area (Å²) in [6, 6.07) is 2.10. The molecule has 0 saturated carbocycles. The maximum Gasteiger partial charge on any atom is 0.410 e. The van der Waals surface area contributed by atoms with Crippen molar-refractivity contribution in [1.82, 2.24) is 14.2 Å². The molecular weight excluding hydrogens is 456 g/mol. The van der Waals surface area contributed by atoms with Gasteiger partial charge in [-0.1, -0.05) is 6.92 Å². The van der Waals surface area contributed by atoms with E-state index in [9.17, 15) is 13.2 Å². The van der Waals surface area contributed by atoms with Crippen LogP contribution in [0, 0.1) is 5.92 Å². The summed E-state index contributed by atoms with van der Waals surface area (Å²) < 4.78 is 38.0. The zero-order valence-electron chi connectivity index (χ0n) is 20.8. The number of pyridine rings is 1. The molecule has 0 aliphatic carbocycles. The van der Waals surface area contributed by atoms with E-state index in [0.717, 1.165) is 36.4 Å². The Labute approximate surface area is 203 Å². The largest absolute Gasteiger partial charge is 0.488 e. The van der Waals surface area contributed by atoms with Crippen molar-refractivity contribution in [3.8, 4) is 5.75 Å². The Morgan fingerprint density at radius 1 is 1.15 bits per heavy atom. The minimum Gasteiger partial charge on any atom is -0.488 e. The quantitative estimate of drug-likeness (QED) is 0.621. The molecule has 1 unspecified atom stereocenters. The van der Waals surface area contributed by atoms with Gasteiger partial charge < -0.3 is 19.3 Å². The van der Waals surface area contributed by atoms with Gasteiger partial charge >= 0.3 is 6.09 Å². The second-order valence-electron chi connectivity index (χ2n) is 10.5. The highest BCUT2D eigenvalue weighted by Crippen LogP contribution is 2.36. The Bertz CT molecular complexity index is 978. The molecule has 9 nitrogen and oxygen atoms in total. The number of hydrogen-bond acceptors (Lipinski definition) is 7. The fourth-order valence-electron chi connectivity index (χ4n) is 4.96. The molecule has 4 rings (SSSR count). The Balaban J connectivity index is 1.30. The minimum atomic E-state index is -3.15. The first kappa shape index (κ1) is 25.0. The van der Waals surface area contributed by atoms with Gasteiger partial charge in [0.2, 0.25) is 10.0 Å². The Morgan fingerprint density at radius 2 is 1.82 bits per heavy atom. The van der Waals surface area contributed by atoms with Crippen LogP contribution in [0.2, 0.25) is 0 Å². The van der Waals surface area contributed by atoms with Crippen molar-refractivity contribution in [2.45, 2.75) is 65.1 Å². The van der Waals surface area contributed by atoms with E-state index < -0.39 is 15.6 Å². The molecule has 2 saturated heterocycles. The second kappa shape index (κ2) is 9.89. The summed E-state index contributed by atoms with van der Waals surface area (Å²) in [5.41, 5.74) is 0.677. The number of likely N-dealkylation sites (tertiary alicyclic amines) is 1. The highest BCUT2D eigenvalue weighted by atomic mass is 32.2. The fraction of sp³-hybridized carbons (Fsp3) is 0.750. The first-order valence-corrected chi connectivity index (χ1v) is 14.0. The number of amides is 1. The SMILES string of the molecule is CCCS(=O)(=O)N1CCN(c2cc3c(cn2)OC(C2CCN(C(=O)OC(C)(C)C)CC2)C3)CC1. The van der Waals surface area contributed by atoms with E-state index in [1.807, 2.05) is 27.7 Å². The number of carbonyl (C=O) groups excluding carboxylic acids is 1. The molecule has 10 heteroatoms. The van der Waals surface area contributed by atoms with Crippen molar-refractivity contribution in [2.24, 2.45) is 5.92 Å². The van der Waals surface area contributed by atoms with E-state index >= 15 is 0 Å². The average molecular weight is 495 g/mol. The molecule has 0 spiro atoms. The van der Waals surface area contributed by atoms with Crippen LogP contribution in [0.15, 0.2) is 12.3 Å². The normalized spacial score (nSPS) is 22.4. The van der Waals surface area contributed by atoms with Crippen LogP contribution < -0.4 is 9.64 Å². The van der Waals surface area contributed by atoms with Gasteiger partial charge in [-0.3, -0.25) is 0 Å². The van der Waals surface area contributed by atoms with Crippen molar-refractivity contribution < 1.29 is 22.7 Å². The molecule has 1 amide bonds. The van der Waals surface area contributed by atoms with Crippen LogP contribution in [0.4, 0.5) is 10.6 Å². The van der Waals surface area contributed by atoms with Gasteiger partial charge in [0.25, 0.3) is 0 Å². The summed E-state index contributed by atoms with van der Waals surface area (Å²) in [5, 5.41) is 0. The summed E-state index contributed by atoms with van der Waals surface area (Å²) in [7, 11) is -3.15. The third-order valence-corrected chi connectivity index (χ3v) is 8.84. The number of ether oxygens (including phenoxy) is 2. The number of carbonyl (C=O) groups is 1. The van der Waals surface area contributed by atoms with Crippen LogP contribution in [0.3, 0.4) is 0 Å². The number of aromatic nitrogens is 1. The third-order valence-electron chi connectivity index (χ3n) is 6.77. The molecule has 0 bridgehead atoms. The number of anilines is 1. The van der Waals surface area contributed by atoms with Crippen LogP contribution in [0.25, 0.3) is 0 Å². The summed E-state index contributed by atoms with van der Waals surface area (Å²) >= 11 is 0. The van der Waals surface area contributed by atoms with Crippen LogP contribution >= 0.6 is 0 Å². The number of fused-ring (bicyclic) bond motifs is 1. The highest BCUT2D eigenvalue weighted by molar-refractivity contribution is 7.89. The maximum absolute atomic E-state index is 12.3. The lowest BCUT2D eigenvalue weighted by molar-refractivity contribution is 0.0123. The van der Waals surface area contributed by atoms with E-state index in [2.05, 4.69) is 16.0 Å². The maximum atomic E-state index is 12.3. The predicted molar refractivity (Wildman–Crippen MR) is 131 cm³/mol. The molecule has 0 aromatic carbocycles. The van der Waals surface area contributed by atoms with Crippen LogP contribution in [-0.4, -0.2) is 85.4 Å². The number of hydrogen-bond donors (Lipinski definition) is 0. The fourth-order valence-corrected chi connectivity index (χ4v) is 6.45. The summed E-state index contributed by atoms with van der Waals surface area (Å²) in [4.78, 5) is 20.9. The number of nitrogens with zero attached hydrogens (tertiary/aromatic N) is 4. The van der Waals surface area contributed by atoms with Crippen molar-refractivity contribution in [2.75, 3.05) is 49.9 Å². The van der Waals surface area contributed by atoms with Gasteiger partial charge in [0.15, 0.2) is 0 Å². The van der Waals surface area contributed by atoms with E-state index in [4.69, 9.17) is 9.47 Å². The van der Waals surface area contributed by atoms with Gasteiger partial charge in [-0.25, -0.2) is 18.2 Å². The summed E-state index contributed by atoms with van der Waals surface area (Å²) in [6.07, 6.45) is 4.93. The zero-order valence-corrected chi connectivity index (χ0v) is 21.6. The highest BCUT2D eigenvalue weighted by Gasteiger charge is 2.36. The third kappa shape index (κ3) is 5.76. The monoisotopic (exact) mass is 494 g/mol. The first-order valence-electron chi connectivity index (χ1n) is 12.4. The lowest BCUT2D eigenvalue weighted by atomic mass is 9.89. The van der Waals surface area contributed by atoms with E-state index in [-0.39, 0.29) is 18.0 Å². The number of rotatable bonds is 5. The van der Waals surface area contributed by atoms with Crippen molar-refractivity contribution in [1.29, 1.82) is 0 Å². The molecule has 2 fully saturated rings. The Kier molecular flexibility index (Phi) is 7.28. The summed E-state index contributed by atoms with van der Waals surface area (Å²) in [5.74, 6) is 2.32. The first-order chi connectivity index (χ1) is 16.1. The average Bonchev–Trinajstić information content (AvgIpc) is 3.21. The number of piperidine rings is 1. The van der Waals surface area contributed by atoms with Crippen molar-refractivity contribution >= 4 is 21.9 Å². The van der Waals surface area contributed by atoms with Gasteiger partial charge in [0.1, 0.15) is 23.3 Å². The molecule has 1 aromatic heterocycles. The topological polar surface area (TPSA) is 92.3 Å². The zero-order chi connectivity index (χ0) is 24.5. The van der Waals surface area contributed by atoms with Gasteiger partial charge in [0, 0.05) is 51.3 Å². The summed E-state index contributed by atoms with van der Waals surface area (Å²) in [6.45, 7) is 11.2. The number of piperazine rings is 1. The van der Waals surface area contributed by atoms with E-state index in [0.29, 0.717) is 51.6 Å². The molecular formula is C24H38N4O5S. The molecule has 34 heavy (non-hydrogen) atoms. The smallest absolute Gasteiger partial charge is 0.410 e. The number of sulfonamides is 1. The van der Waals surface area contributed by atoms with Gasteiger partial charge in [0.05, 0.1) is 11.9 Å². The van der Waals surface area contributed by atoms with Crippen LogP contribution in [0.5, 0.6) is 5.75 Å². The molecule has 1 atom stereocenters. The molecule has 3 aliphatic rings. The van der Waals surface area contributed by atoms with Gasteiger partial charge in [-0.05, 0) is 52.0 Å². The lowest BCUT2D eigenvalue weighted by Crippen LogP contribution is -2.49. The minimum absolute atomic E-state index is 0.101. The molecule has 0 N–H and O–H groups in total. The Morgan fingerprint density at radius 3 is 2.44 bits per heavy atom. The standard InChI is InChI=1S/C24H38N4O5S/c1-5-14-34(30,31)28-12-10-26(11-13-28)22-16-19-15-20(32-21(19)17-25-22)18-6-8-27(9-7-18)23(29)33-24(2,3)4/h16-18,20H,5-15H2,1-4H3. The molecule has 1 aromatic rings. The Hall–Kier alpha value is -2.07. The lowest BCUT2D eigenvalue weighted by Gasteiger charge is -2.35. The molecule has 4 heterocycles. The van der Waals surface area contributed by atoms with Gasteiger partial charge in [-0.2, -0.15) is 4.31 Å². The van der Waals surface area contributed by atoms with Crippen molar-refractivity contribution in [3.63, 3.8) is 0 Å². The van der Waals surface area contributed by atoms with Crippen molar-refractivity contribution in [3.05, 3.63) is 17.8 Å². The van der Waals surface area contributed by atoms with Crippen LogP contribution in [-0.2, 0) is 21.2 Å². The molecule has 190 valence electrons. The van der Waals surface area contributed by atoms with E-state index in [1.54, 1.807) is 15.4 Å². The van der Waals surface area contributed by atoms with Crippen LogP contribution in [0.1, 0.15) is 52.5 Å². The van der Waals surface area contributed by atoms with E-state index in [1.165, 1.54) is 0 Å². The molecule has 0 radical (unpaired) electrons. The second-order valence-corrected chi connectivity index (χ2v) is 12.6. The predicted octanol–water partition coefficient (Wildman–Crippen LogP) is 2.89.